The third kappa shape index (κ3) is 2.37. The van der Waals surface area contributed by atoms with E-state index in [1.165, 1.54) is 34.3 Å². The molecule has 1 atom stereocenters. The van der Waals surface area contributed by atoms with Crippen LogP contribution in [0.4, 0.5) is 0 Å². The van der Waals surface area contributed by atoms with Crippen LogP contribution in [0.1, 0.15) is 36.6 Å². The lowest BCUT2D eigenvalue weighted by Gasteiger charge is -2.28. The minimum Gasteiger partial charge on any atom is -0.271 e. The molecule has 78 valence electrons. The molecule has 0 aliphatic heterocycles. The first-order valence-corrected chi connectivity index (χ1v) is 6.62. The predicted octanol–water partition coefficient (Wildman–Crippen LogP) is 3.21. The number of nitrogens with two attached hydrogens (primary N) is 1. The van der Waals surface area contributed by atoms with Gasteiger partial charge in [-0.15, -0.1) is 11.3 Å². The Morgan fingerprint density at radius 2 is 2.36 bits per heavy atom. The average molecular weight is 275 g/mol. The zero-order valence-corrected chi connectivity index (χ0v) is 10.4. The minimum absolute atomic E-state index is 0.344. The molecule has 1 aliphatic carbocycles. The van der Waals surface area contributed by atoms with Crippen molar-refractivity contribution in [3.05, 3.63) is 20.8 Å². The maximum atomic E-state index is 5.58. The molecular formula is C10H15BrN2S. The first kappa shape index (κ1) is 10.6. The largest absolute Gasteiger partial charge is 0.271 e. The molecule has 2 nitrogen and oxygen atoms in total. The lowest BCUT2D eigenvalue weighted by molar-refractivity contribution is 0.263. The highest BCUT2D eigenvalue weighted by Gasteiger charge is 2.23. The summed E-state index contributed by atoms with van der Waals surface area (Å²) in [5.74, 6) is 6.47. The summed E-state index contributed by atoms with van der Waals surface area (Å²) in [5, 5.41) is 0. The Labute approximate surface area is 97.0 Å². The van der Waals surface area contributed by atoms with E-state index in [-0.39, 0.29) is 0 Å². The predicted molar refractivity (Wildman–Crippen MR) is 64.0 cm³/mol. The SMILES string of the molecule is NNC(CC1CCC1)c1ccc(Br)s1. The lowest BCUT2D eigenvalue weighted by atomic mass is 9.81. The van der Waals surface area contributed by atoms with Crippen molar-refractivity contribution in [2.75, 3.05) is 0 Å². The molecule has 0 bridgehead atoms. The Kier molecular flexibility index (Phi) is 3.60. The Bertz CT molecular complexity index is 296. The Morgan fingerprint density at radius 3 is 2.79 bits per heavy atom. The van der Waals surface area contributed by atoms with Gasteiger partial charge >= 0.3 is 0 Å². The van der Waals surface area contributed by atoms with Crippen molar-refractivity contribution in [3.63, 3.8) is 0 Å². The molecule has 4 heteroatoms. The van der Waals surface area contributed by atoms with Crippen LogP contribution in [-0.2, 0) is 0 Å². The molecule has 0 saturated heterocycles. The third-order valence-electron chi connectivity index (χ3n) is 2.93. The molecule has 1 heterocycles. The molecular weight excluding hydrogens is 260 g/mol. The second kappa shape index (κ2) is 4.75. The van der Waals surface area contributed by atoms with Gasteiger partial charge < -0.3 is 0 Å². The molecule has 2 rings (SSSR count). The lowest BCUT2D eigenvalue weighted by Crippen LogP contribution is -2.30. The van der Waals surface area contributed by atoms with E-state index < -0.39 is 0 Å². The van der Waals surface area contributed by atoms with Gasteiger partial charge in [-0.05, 0) is 40.4 Å². The maximum absolute atomic E-state index is 5.58. The number of nitrogens with one attached hydrogen (secondary N) is 1. The van der Waals surface area contributed by atoms with E-state index in [0.29, 0.717) is 6.04 Å². The van der Waals surface area contributed by atoms with Crippen LogP contribution in [0.3, 0.4) is 0 Å². The van der Waals surface area contributed by atoms with Gasteiger partial charge in [-0.1, -0.05) is 19.3 Å². The van der Waals surface area contributed by atoms with Gasteiger partial charge in [-0.2, -0.15) is 0 Å². The van der Waals surface area contributed by atoms with Crippen molar-refractivity contribution in [2.45, 2.75) is 31.7 Å². The Morgan fingerprint density at radius 1 is 1.57 bits per heavy atom. The second-order valence-corrected chi connectivity index (χ2v) is 6.39. The van der Waals surface area contributed by atoms with Gasteiger partial charge in [0.05, 0.1) is 9.83 Å². The summed E-state index contributed by atoms with van der Waals surface area (Å²) >= 11 is 5.25. The van der Waals surface area contributed by atoms with Gasteiger partial charge in [0.15, 0.2) is 0 Å². The highest BCUT2D eigenvalue weighted by atomic mass is 79.9. The van der Waals surface area contributed by atoms with Gasteiger partial charge in [0, 0.05) is 4.88 Å². The number of hydrazine groups is 1. The van der Waals surface area contributed by atoms with E-state index in [9.17, 15) is 0 Å². The first-order chi connectivity index (χ1) is 6.79. The van der Waals surface area contributed by atoms with E-state index in [1.54, 1.807) is 11.3 Å². The summed E-state index contributed by atoms with van der Waals surface area (Å²) in [4.78, 5) is 1.34. The van der Waals surface area contributed by atoms with Crippen molar-refractivity contribution >= 4 is 27.3 Å². The van der Waals surface area contributed by atoms with Crippen molar-refractivity contribution < 1.29 is 0 Å². The quantitative estimate of drug-likeness (QED) is 0.654. The van der Waals surface area contributed by atoms with Crippen LogP contribution in [0, 0.1) is 5.92 Å². The van der Waals surface area contributed by atoms with Gasteiger partial charge in [-0.3, -0.25) is 11.3 Å². The molecule has 14 heavy (non-hydrogen) atoms. The Hall–Kier alpha value is 0.1000. The molecule has 0 spiro atoms. The van der Waals surface area contributed by atoms with Crippen LogP contribution >= 0.6 is 27.3 Å². The number of rotatable bonds is 4. The molecule has 0 aromatic carbocycles. The summed E-state index contributed by atoms with van der Waals surface area (Å²) in [6, 6.07) is 4.58. The normalized spacial score (nSPS) is 19.3. The topological polar surface area (TPSA) is 38.0 Å². The number of hydrogen-bond acceptors (Lipinski definition) is 3. The summed E-state index contributed by atoms with van der Waals surface area (Å²) < 4.78 is 1.18. The van der Waals surface area contributed by atoms with Crippen molar-refractivity contribution in [1.29, 1.82) is 0 Å². The monoisotopic (exact) mass is 274 g/mol. The first-order valence-electron chi connectivity index (χ1n) is 5.01. The van der Waals surface area contributed by atoms with Crippen molar-refractivity contribution in [1.82, 2.24) is 5.43 Å². The highest BCUT2D eigenvalue weighted by Crippen LogP contribution is 2.37. The second-order valence-electron chi connectivity index (χ2n) is 3.89. The molecule has 0 radical (unpaired) electrons. The zero-order valence-electron chi connectivity index (χ0n) is 8.00. The van der Waals surface area contributed by atoms with E-state index in [4.69, 9.17) is 5.84 Å². The molecule has 0 amide bonds. The smallest absolute Gasteiger partial charge is 0.0702 e. The zero-order chi connectivity index (χ0) is 9.97. The molecule has 1 aromatic rings. The van der Waals surface area contributed by atoms with Gasteiger partial charge in [0.1, 0.15) is 0 Å². The van der Waals surface area contributed by atoms with Gasteiger partial charge in [0.2, 0.25) is 0 Å². The summed E-state index contributed by atoms with van der Waals surface area (Å²) in [7, 11) is 0. The van der Waals surface area contributed by atoms with E-state index in [1.807, 2.05) is 0 Å². The molecule has 1 unspecified atom stereocenters. The summed E-state index contributed by atoms with van der Waals surface area (Å²) in [5.41, 5.74) is 2.92. The van der Waals surface area contributed by atoms with Gasteiger partial charge in [0.25, 0.3) is 0 Å². The van der Waals surface area contributed by atoms with Crippen molar-refractivity contribution in [2.24, 2.45) is 11.8 Å². The van der Waals surface area contributed by atoms with Gasteiger partial charge in [-0.25, -0.2) is 0 Å². The molecule has 1 fully saturated rings. The van der Waals surface area contributed by atoms with Crippen LogP contribution in [0.2, 0.25) is 0 Å². The van der Waals surface area contributed by atoms with Crippen LogP contribution < -0.4 is 11.3 Å². The fraction of sp³-hybridized carbons (Fsp3) is 0.600. The van der Waals surface area contributed by atoms with Crippen LogP contribution in [0.25, 0.3) is 0 Å². The number of hydrogen-bond donors (Lipinski definition) is 2. The fourth-order valence-electron chi connectivity index (χ4n) is 1.84. The maximum Gasteiger partial charge on any atom is 0.0702 e. The van der Waals surface area contributed by atoms with Crippen LogP contribution in [0.5, 0.6) is 0 Å². The highest BCUT2D eigenvalue weighted by molar-refractivity contribution is 9.11. The minimum atomic E-state index is 0.344. The van der Waals surface area contributed by atoms with Crippen molar-refractivity contribution in [3.8, 4) is 0 Å². The van der Waals surface area contributed by atoms with E-state index in [2.05, 4.69) is 33.5 Å². The summed E-state index contributed by atoms with van der Waals surface area (Å²) in [6.45, 7) is 0. The van der Waals surface area contributed by atoms with E-state index >= 15 is 0 Å². The standard InChI is InChI=1S/C10H15BrN2S/c11-10-5-4-9(14-10)8(13-12)6-7-2-1-3-7/h4-5,7-8,13H,1-3,6,12H2. The molecule has 1 aliphatic rings. The molecule has 3 N–H and O–H groups in total. The summed E-state index contributed by atoms with van der Waals surface area (Å²) in [6.07, 6.45) is 5.34. The van der Waals surface area contributed by atoms with Crippen LogP contribution in [0.15, 0.2) is 15.9 Å². The fourth-order valence-corrected chi connectivity index (χ4v) is 3.34. The molecule has 1 saturated carbocycles. The molecule has 1 aromatic heterocycles. The van der Waals surface area contributed by atoms with E-state index in [0.717, 1.165) is 5.92 Å². The Balaban J connectivity index is 1.97. The number of halogens is 1. The average Bonchev–Trinajstić information content (AvgIpc) is 2.50. The number of thiophene rings is 1. The third-order valence-corrected chi connectivity index (χ3v) is 4.67. The van der Waals surface area contributed by atoms with Crippen LogP contribution in [-0.4, -0.2) is 0 Å².